The van der Waals surface area contributed by atoms with Gasteiger partial charge in [0.25, 0.3) is 5.91 Å². The number of hydrogen-bond donors (Lipinski definition) is 1. The first kappa shape index (κ1) is 14.7. The molecule has 1 aromatic rings. The molecule has 0 aromatic heterocycles. The third kappa shape index (κ3) is 3.22. The zero-order chi connectivity index (χ0) is 14.5. The lowest BCUT2D eigenvalue weighted by atomic mass is 10.1. The number of hydrogen-bond acceptors (Lipinski definition) is 4. The molecule has 0 spiro atoms. The summed E-state index contributed by atoms with van der Waals surface area (Å²) in [5, 5.41) is 3.17. The van der Waals surface area contributed by atoms with Crippen LogP contribution in [0, 0.1) is 5.92 Å². The Morgan fingerprint density at radius 3 is 2.50 bits per heavy atom. The Bertz CT molecular complexity index is 454. The third-order valence-corrected chi connectivity index (χ3v) is 3.66. The first-order chi connectivity index (χ1) is 9.67. The average Bonchev–Trinajstić information content (AvgIpc) is 2.94. The lowest BCUT2D eigenvalue weighted by molar-refractivity contribution is 0.0786. The van der Waals surface area contributed by atoms with Gasteiger partial charge in [0.2, 0.25) is 0 Å². The SMILES string of the molecule is CNC[C@H]1CCN(C(=O)c2cc(OC)cc(OC)c2)C1. The maximum atomic E-state index is 12.5. The van der Waals surface area contributed by atoms with Gasteiger partial charge < -0.3 is 19.7 Å². The highest BCUT2D eigenvalue weighted by molar-refractivity contribution is 5.95. The van der Waals surface area contributed by atoms with Crippen LogP contribution in [0.25, 0.3) is 0 Å². The van der Waals surface area contributed by atoms with Gasteiger partial charge >= 0.3 is 0 Å². The van der Waals surface area contributed by atoms with Gasteiger partial charge in [0.1, 0.15) is 11.5 Å². The molecule has 0 unspecified atom stereocenters. The molecule has 2 rings (SSSR count). The fraction of sp³-hybridized carbons (Fsp3) is 0.533. The summed E-state index contributed by atoms with van der Waals surface area (Å²) in [5.41, 5.74) is 0.617. The quantitative estimate of drug-likeness (QED) is 0.884. The predicted octanol–water partition coefficient (Wildman–Crippen LogP) is 1.39. The van der Waals surface area contributed by atoms with Crippen molar-refractivity contribution in [1.29, 1.82) is 0 Å². The monoisotopic (exact) mass is 278 g/mol. The predicted molar refractivity (Wildman–Crippen MR) is 77.5 cm³/mol. The Morgan fingerprint density at radius 1 is 1.30 bits per heavy atom. The second-order valence-corrected chi connectivity index (χ2v) is 5.06. The van der Waals surface area contributed by atoms with Crippen molar-refractivity contribution in [3.63, 3.8) is 0 Å². The first-order valence-corrected chi connectivity index (χ1v) is 6.85. The minimum atomic E-state index is 0.0424. The van der Waals surface area contributed by atoms with E-state index < -0.39 is 0 Å². The van der Waals surface area contributed by atoms with Crippen molar-refractivity contribution in [2.24, 2.45) is 5.92 Å². The average molecular weight is 278 g/mol. The molecular formula is C15H22N2O3. The van der Waals surface area contributed by atoms with E-state index >= 15 is 0 Å². The maximum Gasteiger partial charge on any atom is 0.254 e. The van der Waals surface area contributed by atoms with Gasteiger partial charge in [-0.15, -0.1) is 0 Å². The van der Waals surface area contributed by atoms with Crippen LogP contribution in [0.2, 0.25) is 0 Å². The molecule has 1 aromatic carbocycles. The molecule has 0 radical (unpaired) electrons. The number of carbonyl (C=O) groups excluding carboxylic acids is 1. The van der Waals surface area contributed by atoms with Crippen molar-refractivity contribution in [2.75, 3.05) is 40.9 Å². The molecule has 1 fully saturated rings. The topological polar surface area (TPSA) is 50.8 Å². The summed E-state index contributed by atoms with van der Waals surface area (Å²) in [6, 6.07) is 5.29. The summed E-state index contributed by atoms with van der Waals surface area (Å²) in [7, 11) is 5.11. The van der Waals surface area contributed by atoms with Crippen LogP contribution in [-0.4, -0.2) is 51.7 Å². The number of carbonyl (C=O) groups is 1. The van der Waals surface area contributed by atoms with Crippen LogP contribution < -0.4 is 14.8 Å². The number of methoxy groups -OCH3 is 2. The van der Waals surface area contributed by atoms with E-state index in [9.17, 15) is 4.79 Å². The van der Waals surface area contributed by atoms with Crippen molar-refractivity contribution in [3.05, 3.63) is 23.8 Å². The molecule has 1 aliphatic rings. The molecule has 1 amide bonds. The van der Waals surface area contributed by atoms with Crippen molar-refractivity contribution in [3.8, 4) is 11.5 Å². The number of likely N-dealkylation sites (tertiary alicyclic amines) is 1. The second-order valence-electron chi connectivity index (χ2n) is 5.06. The van der Waals surface area contributed by atoms with Gasteiger partial charge in [0, 0.05) is 24.7 Å². The maximum absolute atomic E-state index is 12.5. The number of nitrogens with one attached hydrogen (secondary N) is 1. The van der Waals surface area contributed by atoms with E-state index in [-0.39, 0.29) is 5.91 Å². The molecule has 1 N–H and O–H groups in total. The fourth-order valence-corrected chi connectivity index (χ4v) is 2.59. The molecule has 5 heteroatoms. The Kier molecular flexibility index (Phi) is 4.84. The molecule has 1 heterocycles. The molecule has 110 valence electrons. The zero-order valence-electron chi connectivity index (χ0n) is 12.3. The Hall–Kier alpha value is -1.75. The van der Waals surface area contributed by atoms with Crippen molar-refractivity contribution >= 4 is 5.91 Å². The fourth-order valence-electron chi connectivity index (χ4n) is 2.59. The van der Waals surface area contributed by atoms with E-state index in [1.165, 1.54) is 0 Å². The van der Waals surface area contributed by atoms with Crippen LogP contribution in [0.5, 0.6) is 11.5 Å². The van der Waals surface area contributed by atoms with E-state index in [2.05, 4.69) is 5.32 Å². The van der Waals surface area contributed by atoms with Crippen LogP contribution in [0.4, 0.5) is 0 Å². The number of ether oxygens (including phenoxy) is 2. The van der Waals surface area contributed by atoms with Gasteiger partial charge in [0.05, 0.1) is 14.2 Å². The minimum Gasteiger partial charge on any atom is -0.497 e. The summed E-state index contributed by atoms with van der Waals surface area (Å²) in [6.07, 6.45) is 1.05. The smallest absolute Gasteiger partial charge is 0.254 e. The number of nitrogens with zero attached hydrogens (tertiary/aromatic N) is 1. The van der Waals surface area contributed by atoms with Gasteiger partial charge in [-0.3, -0.25) is 4.79 Å². The highest BCUT2D eigenvalue weighted by atomic mass is 16.5. The summed E-state index contributed by atoms with van der Waals surface area (Å²) in [6.45, 7) is 2.56. The molecule has 5 nitrogen and oxygen atoms in total. The highest BCUT2D eigenvalue weighted by Crippen LogP contribution is 2.25. The molecule has 1 saturated heterocycles. The Morgan fingerprint density at radius 2 is 1.95 bits per heavy atom. The molecule has 1 aliphatic heterocycles. The normalized spacial score (nSPS) is 18.1. The van der Waals surface area contributed by atoms with Crippen LogP contribution in [0.3, 0.4) is 0 Å². The van der Waals surface area contributed by atoms with E-state index in [1.54, 1.807) is 32.4 Å². The molecule has 0 saturated carbocycles. The first-order valence-electron chi connectivity index (χ1n) is 6.85. The van der Waals surface area contributed by atoms with Crippen molar-refractivity contribution in [1.82, 2.24) is 10.2 Å². The minimum absolute atomic E-state index is 0.0424. The molecule has 0 bridgehead atoms. The van der Waals surface area contributed by atoms with Gasteiger partial charge in [-0.2, -0.15) is 0 Å². The van der Waals surface area contributed by atoms with Crippen molar-refractivity contribution in [2.45, 2.75) is 6.42 Å². The van der Waals surface area contributed by atoms with E-state index in [4.69, 9.17) is 9.47 Å². The molecule has 20 heavy (non-hydrogen) atoms. The van der Waals surface area contributed by atoms with Gasteiger partial charge in [-0.05, 0) is 38.1 Å². The third-order valence-electron chi connectivity index (χ3n) is 3.66. The number of rotatable bonds is 5. The van der Waals surface area contributed by atoms with E-state index in [0.717, 1.165) is 26.1 Å². The zero-order valence-corrected chi connectivity index (χ0v) is 12.3. The van der Waals surface area contributed by atoms with E-state index in [0.29, 0.717) is 23.0 Å². The summed E-state index contributed by atoms with van der Waals surface area (Å²) < 4.78 is 10.4. The van der Waals surface area contributed by atoms with E-state index in [1.807, 2.05) is 11.9 Å². The van der Waals surface area contributed by atoms with Crippen LogP contribution >= 0.6 is 0 Å². The second kappa shape index (κ2) is 6.61. The van der Waals surface area contributed by atoms with Crippen LogP contribution in [-0.2, 0) is 0 Å². The van der Waals surface area contributed by atoms with Crippen molar-refractivity contribution < 1.29 is 14.3 Å². The standard InChI is InChI=1S/C15H22N2O3/c1-16-9-11-4-5-17(10-11)15(18)12-6-13(19-2)8-14(7-12)20-3/h6-8,11,16H,4-5,9-10H2,1-3H3/t11-/m1/s1. The lowest BCUT2D eigenvalue weighted by Crippen LogP contribution is -2.30. The van der Waals surface area contributed by atoms with Gasteiger partial charge in [-0.25, -0.2) is 0 Å². The highest BCUT2D eigenvalue weighted by Gasteiger charge is 2.26. The van der Waals surface area contributed by atoms with Gasteiger partial charge in [0.15, 0.2) is 0 Å². The molecule has 1 atom stereocenters. The van der Waals surface area contributed by atoms with Crippen LogP contribution in [0.1, 0.15) is 16.8 Å². The van der Waals surface area contributed by atoms with Crippen LogP contribution in [0.15, 0.2) is 18.2 Å². The molecular weight excluding hydrogens is 256 g/mol. The molecule has 0 aliphatic carbocycles. The Labute approximate surface area is 119 Å². The largest absolute Gasteiger partial charge is 0.497 e. The summed E-state index contributed by atoms with van der Waals surface area (Å²) in [5.74, 6) is 1.86. The lowest BCUT2D eigenvalue weighted by Gasteiger charge is -2.17. The van der Waals surface area contributed by atoms with Gasteiger partial charge in [-0.1, -0.05) is 0 Å². The number of amides is 1. The Balaban J connectivity index is 2.13. The number of benzene rings is 1. The summed E-state index contributed by atoms with van der Waals surface area (Å²) in [4.78, 5) is 14.4. The summed E-state index contributed by atoms with van der Waals surface area (Å²) >= 11 is 0.